The molecule has 1 atom stereocenters. The van der Waals surface area contributed by atoms with Gasteiger partial charge in [0.15, 0.2) is 0 Å². The standard InChI is InChI=1S/C19H28N2O5S/c1-2-25-19(22)16-6-8-18(9-7-16)27(23,24)21-12-10-20(11-13-21)15-17-5-3-4-14-26-17/h6-9,17H,2-5,10-15H2,1H3/p+1/t17-/m0/s1. The molecule has 27 heavy (non-hydrogen) atoms. The molecule has 0 unspecified atom stereocenters. The number of ether oxygens (including phenoxy) is 2. The minimum absolute atomic E-state index is 0.217. The number of carbonyl (C=O) groups is 1. The van der Waals surface area contributed by atoms with Gasteiger partial charge in [-0.15, -0.1) is 0 Å². The van der Waals surface area contributed by atoms with Crippen LogP contribution in [-0.2, 0) is 19.5 Å². The Labute approximate surface area is 161 Å². The highest BCUT2D eigenvalue weighted by atomic mass is 32.2. The molecule has 2 aliphatic heterocycles. The average molecular weight is 398 g/mol. The minimum Gasteiger partial charge on any atom is -0.462 e. The van der Waals surface area contributed by atoms with Crippen LogP contribution >= 0.6 is 0 Å². The zero-order valence-electron chi connectivity index (χ0n) is 15.9. The summed E-state index contributed by atoms with van der Waals surface area (Å²) >= 11 is 0. The van der Waals surface area contributed by atoms with Crippen LogP contribution in [0.15, 0.2) is 29.2 Å². The number of carbonyl (C=O) groups excluding carboxylic acids is 1. The number of nitrogens with one attached hydrogen (secondary N) is 1. The van der Waals surface area contributed by atoms with E-state index in [4.69, 9.17) is 9.47 Å². The van der Waals surface area contributed by atoms with Crippen LogP contribution in [0.2, 0.25) is 0 Å². The Morgan fingerprint density at radius 2 is 1.93 bits per heavy atom. The van der Waals surface area contributed by atoms with Gasteiger partial charge in [-0.05, 0) is 50.5 Å². The van der Waals surface area contributed by atoms with E-state index in [-0.39, 0.29) is 11.5 Å². The first kappa shape index (κ1) is 20.3. The number of hydrogen-bond acceptors (Lipinski definition) is 5. The van der Waals surface area contributed by atoms with E-state index < -0.39 is 16.0 Å². The van der Waals surface area contributed by atoms with Crippen molar-refractivity contribution >= 4 is 16.0 Å². The summed E-state index contributed by atoms with van der Waals surface area (Å²) in [7, 11) is -3.54. The lowest BCUT2D eigenvalue weighted by atomic mass is 10.1. The molecule has 8 heteroatoms. The number of hydrogen-bond donors (Lipinski definition) is 1. The molecule has 2 fully saturated rings. The largest absolute Gasteiger partial charge is 0.462 e. The Kier molecular flexibility index (Phi) is 6.86. The third kappa shape index (κ3) is 5.07. The van der Waals surface area contributed by atoms with Crippen molar-refractivity contribution < 1.29 is 27.6 Å². The Balaban J connectivity index is 1.57. The molecule has 2 aliphatic rings. The monoisotopic (exact) mass is 397 g/mol. The third-order valence-electron chi connectivity index (χ3n) is 5.22. The van der Waals surface area contributed by atoms with E-state index in [9.17, 15) is 13.2 Å². The fourth-order valence-corrected chi connectivity index (χ4v) is 5.11. The van der Waals surface area contributed by atoms with E-state index in [1.54, 1.807) is 6.92 Å². The molecule has 0 spiro atoms. The van der Waals surface area contributed by atoms with E-state index in [1.165, 1.54) is 39.9 Å². The van der Waals surface area contributed by atoms with Crippen molar-refractivity contribution in [3.63, 3.8) is 0 Å². The molecule has 0 saturated carbocycles. The lowest BCUT2D eigenvalue weighted by molar-refractivity contribution is -0.907. The predicted octanol–water partition coefficient (Wildman–Crippen LogP) is 0.322. The number of nitrogens with zero attached hydrogens (tertiary/aromatic N) is 1. The molecule has 0 aromatic heterocycles. The van der Waals surface area contributed by atoms with E-state index in [0.29, 0.717) is 24.8 Å². The summed E-state index contributed by atoms with van der Waals surface area (Å²) in [6, 6.07) is 5.98. The van der Waals surface area contributed by atoms with Crippen molar-refractivity contribution in [2.24, 2.45) is 0 Å². The zero-order chi connectivity index (χ0) is 19.3. The highest BCUT2D eigenvalue weighted by Gasteiger charge is 2.31. The first-order chi connectivity index (χ1) is 13.0. The summed E-state index contributed by atoms with van der Waals surface area (Å²) in [6.07, 6.45) is 3.79. The van der Waals surface area contributed by atoms with Gasteiger partial charge in [0, 0.05) is 6.61 Å². The van der Waals surface area contributed by atoms with Gasteiger partial charge in [0.1, 0.15) is 12.6 Å². The Bertz CT molecular complexity index is 721. The molecular weight excluding hydrogens is 368 g/mol. The van der Waals surface area contributed by atoms with Crippen LogP contribution in [0.3, 0.4) is 0 Å². The first-order valence-corrected chi connectivity index (χ1v) is 11.2. The number of sulfonamides is 1. The van der Waals surface area contributed by atoms with Crippen molar-refractivity contribution in [1.29, 1.82) is 0 Å². The van der Waals surface area contributed by atoms with Gasteiger partial charge in [-0.25, -0.2) is 13.2 Å². The quantitative estimate of drug-likeness (QED) is 0.700. The van der Waals surface area contributed by atoms with Crippen molar-refractivity contribution in [2.45, 2.75) is 37.2 Å². The van der Waals surface area contributed by atoms with Crippen LogP contribution in [0.25, 0.3) is 0 Å². The number of esters is 1. The lowest BCUT2D eigenvalue weighted by Gasteiger charge is -2.34. The van der Waals surface area contributed by atoms with Crippen LogP contribution in [0, 0.1) is 0 Å². The average Bonchev–Trinajstić information content (AvgIpc) is 2.69. The fourth-order valence-electron chi connectivity index (χ4n) is 3.66. The highest BCUT2D eigenvalue weighted by molar-refractivity contribution is 7.89. The summed E-state index contributed by atoms with van der Waals surface area (Å²) in [5.74, 6) is -0.441. The van der Waals surface area contributed by atoms with Crippen molar-refractivity contribution in [1.82, 2.24) is 4.31 Å². The van der Waals surface area contributed by atoms with Crippen LogP contribution in [0.4, 0.5) is 0 Å². The molecule has 0 bridgehead atoms. The number of benzene rings is 1. The van der Waals surface area contributed by atoms with E-state index in [2.05, 4.69) is 0 Å². The van der Waals surface area contributed by atoms with Gasteiger partial charge in [0.2, 0.25) is 10.0 Å². The van der Waals surface area contributed by atoms with Crippen LogP contribution in [-0.4, -0.2) is 70.7 Å². The fraction of sp³-hybridized carbons (Fsp3) is 0.632. The second-order valence-electron chi connectivity index (χ2n) is 7.09. The van der Waals surface area contributed by atoms with Crippen molar-refractivity contribution in [3.05, 3.63) is 29.8 Å². The maximum absolute atomic E-state index is 12.9. The van der Waals surface area contributed by atoms with Crippen molar-refractivity contribution in [3.8, 4) is 0 Å². The second kappa shape index (κ2) is 9.14. The molecule has 0 aliphatic carbocycles. The summed E-state index contributed by atoms with van der Waals surface area (Å²) in [5, 5.41) is 0. The van der Waals surface area contributed by atoms with Gasteiger partial charge in [-0.1, -0.05) is 0 Å². The number of quaternary nitrogens is 1. The Morgan fingerprint density at radius 1 is 1.22 bits per heavy atom. The maximum Gasteiger partial charge on any atom is 0.338 e. The van der Waals surface area contributed by atoms with Gasteiger partial charge in [0.25, 0.3) is 0 Å². The third-order valence-corrected chi connectivity index (χ3v) is 7.14. The molecule has 150 valence electrons. The van der Waals surface area contributed by atoms with Crippen molar-refractivity contribution in [2.75, 3.05) is 45.9 Å². The van der Waals surface area contributed by atoms with Crippen LogP contribution in [0.5, 0.6) is 0 Å². The van der Waals surface area contributed by atoms with E-state index in [1.807, 2.05) is 0 Å². The number of piperazine rings is 1. The molecule has 2 heterocycles. The second-order valence-corrected chi connectivity index (χ2v) is 9.03. The summed E-state index contributed by atoms with van der Waals surface area (Å²) in [6.45, 7) is 6.42. The van der Waals surface area contributed by atoms with Gasteiger partial charge in [0.05, 0.1) is 43.2 Å². The molecule has 7 nitrogen and oxygen atoms in total. The maximum atomic E-state index is 12.9. The summed E-state index contributed by atoms with van der Waals surface area (Å²) < 4.78 is 38.0. The van der Waals surface area contributed by atoms with E-state index in [0.717, 1.165) is 39.1 Å². The molecule has 0 amide bonds. The summed E-state index contributed by atoms with van der Waals surface area (Å²) in [4.78, 5) is 13.3. The smallest absolute Gasteiger partial charge is 0.338 e. The topological polar surface area (TPSA) is 77.4 Å². The highest BCUT2D eigenvalue weighted by Crippen LogP contribution is 2.17. The molecule has 1 aromatic rings. The molecule has 1 aromatic carbocycles. The van der Waals surface area contributed by atoms with E-state index >= 15 is 0 Å². The normalized spacial score (nSPS) is 22.5. The number of rotatable bonds is 6. The SMILES string of the molecule is CCOC(=O)c1ccc(S(=O)(=O)N2CC[NH+](C[C@@H]3CCCCO3)CC2)cc1. The van der Waals surface area contributed by atoms with Gasteiger partial charge < -0.3 is 14.4 Å². The zero-order valence-corrected chi connectivity index (χ0v) is 16.7. The lowest BCUT2D eigenvalue weighted by Crippen LogP contribution is -3.15. The molecule has 1 N–H and O–H groups in total. The van der Waals surface area contributed by atoms with Crippen LogP contribution in [0.1, 0.15) is 36.5 Å². The molecule has 3 rings (SSSR count). The first-order valence-electron chi connectivity index (χ1n) is 9.73. The van der Waals surface area contributed by atoms with Gasteiger partial charge >= 0.3 is 5.97 Å². The predicted molar refractivity (Wildman–Crippen MR) is 100 cm³/mol. The van der Waals surface area contributed by atoms with Gasteiger partial charge in [-0.2, -0.15) is 4.31 Å². The molecular formula is C19H29N2O5S+. The minimum atomic E-state index is -3.54. The summed E-state index contributed by atoms with van der Waals surface area (Å²) in [5.41, 5.74) is 0.359. The van der Waals surface area contributed by atoms with Gasteiger partial charge in [-0.3, -0.25) is 0 Å². The molecule has 0 radical (unpaired) electrons. The molecule has 2 saturated heterocycles. The Morgan fingerprint density at radius 3 is 2.52 bits per heavy atom. The Hall–Kier alpha value is -1.48. The van der Waals surface area contributed by atoms with Crippen LogP contribution < -0.4 is 4.90 Å².